The number of rotatable bonds is 8. The van der Waals surface area contributed by atoms with Crippen LogP contribution in [0.15, 0.2) is 28.0 Å². The van der Waals surface area contributed by atoms with Gasteiger partial charge in [-0.15, -0.1) is 10.2 Å². The van der Waals surface area contributed by atoms with E-state index in [-0.39, 0.29) is 5.91 Å². The number of piperidine rings is 1. The monoisotopic (exact) mass is 378 g/mol. The number of methoxy groups -OCH3 is 1. The highest BCUT2D eigenvalue weighted by molar-refractivity contribution is 7.99. The number of likely N-dealkylation sites (tertiary alicyclic amines) is 1. The molecule has 1 aliphatic heterocycles. The Morgan fingerprint density at radius 3 is 3.08 bits per heavy atom. The maximum absolute atomic E-state index is 12.5. The highest BCUT2D eigenvalue weighted by Crippen LogP contribution is 2.25. The van der Waals surface area contributed by atoms with Crippen molar-refractivity contribution in [3.63, 3.8) is 0 Å². The van der Waals surface area contributed by atoms with Gasteiger partial charge in [0.1, 0.15) is 0 Å². The number of carbonyl (C=O) groups excluding carboxylic acids is 1. The summed E-state index contributed by atoms with van der Waals surface area (Å²) < 4.78 is 12.6. The second-order valence-electron chi connectivity index (χ2n) is 6.66. The number of hydrogen-bond donors (Lipinski definition) is 0. The fourth-order valence-corrected chi connectivity index (χ4v) is 4.05. The molecule has 26 heavy (non-hydrogen) atoms. The number of amides is 1. The van der Waals surface area contributed by atoms with Crippen molar-refractivity contribution in [2.24, 2.45) is 5.92 Å². The zero-order chi connectivity index (χ0) is 18.4. The minimum Gasteiger partial charge on any atom is -0.461 e. The molecular formula is C18H26N4O3S. The zero-order valence-corrected chi connectivity index (χ0v) is 16.2. The standard InChI is InChI=1S/C18H26N4O3S/c1-14-6-3-8-21(12-14)16(23)13-26-18-20-19-17(15-7-4-11-25-15)22(18)9-5-10-24-2/h4,7,11,14H,3,5-6,8-10,12-13H2,1-2H3/t14-/m0/s1. The molecule has 8 heteroatoms. The van der Waals surface area contributed by atoms with Crippen LogP contribution in [0.2, 0.25) is 0 Å². The van der Waals surface area contributed by atoms with Gasteiger partial charge in [0.25, 0.3) is 0 Å². The van der Waals surface area contributed by atoms with E-state index in [1.165, 1.54) is 18.2 Å². The first kappa shape index (κ1) is 19.0. The van der Waals surface area contributed by atoms with Crippen molar-refractivity contribution < 1.29 is 13.9 Å². The molecule has 0 aliphatic carbocycles. The molecule has 0 spiro atoms. The van der Waals surface area contributed by atoms with E-state index < -0.39 is 0 Å². The minimum atomic E-state index is 0.174. The number of ether oxygens (including phenoxy) is 1. The number of furan rings is 1. The smallest absolute Gasteiger partial charge is 0.233 e. The predicted octanol–water partition coefficient (Wildman–Crippen LogP) is 2.93. The van der Waals surface area contributed by atoms with Gasteiger partial charge in [-0.1, -0.05) is 18.7 Å². The van der Waals surface area contributed by atoms with Gasteiger partial charge in [0.2, 0.25) is 5.91 Å². The molecule has 0 N–H and O–H groups in total. The molecule has 3 heterocycles. The highest BCUT2D eigenvalue weighted by atomic mass is 32.2. The number of nitrogens with zero attached hydrogens (tertiary/aromatic N) is 4. The van der Waals surface area contributed by atoms with Gasteiger partial charge >= 0.3 is 0 Å². The maximum atomic E-state index is 12.5. The van der Waals surface area contributed by atoms with Crippen LogP contribution in [0.1, 0.15) is 26.2 Å². The number of carbonyl (C=O) groups is 1. The summed E-state index contributed by atoms with van der Waals surface area (Å²) in [5.41, 5.74) is 0. The lowest BCUT2D eigenvalue weighted by molar-refractivity contribution is -0.130. The lowest BCUT2D eigenvalue weighted by Gasteiger charge is -2.30. The van der Waals surface area contributed by atoms with Gasteiger partial charge in [0.15, 0.2) is 16.7 Å². The lowest BCUT2D eigenvalue weighted by atomic mass is 10.0. The fourth-order valence-electron chi connectivity index (χ4n) is 3.19. The Morgan fingerprint density at radius 2 is 2.35 bits per heavy atom. The average Bonchev–Trinajstić information content (AvgIpc) is 3.29. The first-order chi connectivity index (χ1) is 12.7. The average molecular weight is 378 g/mol. The van der Waals surface area contributed by atoms with Crippen molar-refractivity contribution in [3.8, 4) is 11.6 Å². The van der Waals surface area contributed by atoms with Gasteiger partial charge in [0.05, 0.1) is 12.0 Å². The third-order valence-electron chi connectivity index (χ3n) is 4.52. The second kappa shape index (κ2) is 9.23. The molecule has 1 fully saturated rings. The van der Waals surface area contributed by atoms with Crippen molar-refractivity contribution in [1.82, 2.24) is 19.7 Å². The van der Waals surface area contributed by atoms with E-state index in [4.69, 9.17) is 9.15 Å². The van der Waals surface area contributed by atoms with E-state index in [1.54, 1.807) is 13.4 Å². The molecule has 1 saturated heterocycles. The summed E-state index contributed by atoms with van der Waals surface area (Å²) in [5, 5.41) is 9.30. The molecule has 142 valence electrons. The van der Waals surface area contributed by atoms with Gasteiger partial charge in [-0.25, -0.2) is 0 Å². The molecule has 1 amide bonds. The lowest BCUT2D eigenvalue weighted by Crippen LogP contribution is -2.40. The summed E-state index contributed by atoms with van der Waals surface area (Å²) in [6.07, 6.45) is 4.76. The number of aromatic nitrogens is 3. The Morgan fingerprint density at radius 1 is 1.46 bits per heavy atom. The Kier molecular flexibility index (Phi) is 6.73. The molecule has 0 bridgehead atoms. The van der Waals surface area contributed by atoms with Crippen molar-refractivity contribution in [3.05, 3.63) is 18.4 Å². The Labute approximate surface area is 158 Å². The first-order valence-electron chi connectivity index (χ1n) is 9.05. The van der Waals surface area contributed by atoms with Crippen LogP contribution >= 0.6 is 11.8 Å². The normalized spacial score (nSPS) is 17.6. The van der Waals surface area contributed by atoms with Crippen molar-refractivity contribution >= 4 is 17.7 Å². The largest absolute Gasteiger partial charge is 0.461 e. The summed E-state index contributed by atoms with van der Waals surface area (Å²) in [5.74, 6) is 2.51. The van der Waals surface area contributed by atoms with Crippen LogP contribution in [0, 0.1) is 5.92 Å². The van der Waals surface area contributed by atoms with Gasteiger partial charge in [-0.2, -0.15) is 0 Å². The molecule has 7 nitrogen and oxygen atoms in total. The third kappa shape index (κ3) is 4.67. The van der Waals surface area contributed by atoms with E-state index >= 15 is 0 Å². The summed E-state index contributed by atoms with van der Waals surface area (Å²) in [6.45, 7) is 5.30. The fraction of sp³-hybridized carbons (Fsp3) is 0.611. The van der Waals surface area contributed by atoms with Crippen LogP contribution < -0.4 is 0 Å². The molecular weight excluding hydrogens is 352 g/mol. The van der Waals surface area contributed by atoms with Crippen molar-refractivity contribution in [1.29, 1.82) is 0 Å². The van der Waals surface area contributed by atoms with Gasteiger partial charge in [-0.3, -0.25) is 9.36 Å². The number of hydrogen-bond acceptors (Lipinski definition) is 6. The summed E-state index contributed by atoms with van der Waals surface area (Å²) >= 11 is 1.44. The van der Waals surface area contributed by atoms with E-state index in [0.29, 0.717) is 36.4 Å². The van der Waals surface area contributed by atoms with Gasteiger partial charge in [0, 0.05) is 33.4 Å². The van der Waals surface area contributed by atoms with E-state index in [0.717, 1.165) is 31.1 Å². The topological polar surface area (TPSA) is 73.4 Å². The molecule has 3 rings (SSSR count). The SMILES string of the molecule is COCCCn1c(SCC(=O)N2CCC[C@H](C)C2)nnc1-c1ccco1. The molecule has 2 aromatic rings. The van der Waals surface area contributed by atoms with Gasteiger partial charge in [-0.05, 0) is 37.3 Å². The highest BCUT2D eigenvalue weighted by Gasteiger charge is 2.22. The molecule has 0 radical (unpaired) electrons. The quantitative estimate of drug-likeness (QED) is 0.519. The van der Waals surface area contributed by atoms with Gasteiger partial charge < -0.3 is 14.1 Å². The molecule has 1 atom stereocenters. The first-order valence-corrected chi connectivity index (χ1v) is 10.0. The summed E-state index contributed by atoms with van der Waals surface area (Å²) in [6, 6.07) is 3.70. The molecule has 2 aromatic heterocycles. The Balaban J connectivity index is 1.67. The summed E-state index contributed by atoms with van der Waals surface area (Å²) in [7, 11) is 1.69. The van der Waals surface area contributed by atoms with Crippen molar-refractivity contribution in [2.45, 2.75) is 37.9 Å². The van der Waals surface area contributed by atoms with Crippen LogP contribution in [-0.4, -0.2) is 58.1 Å². The maximum Gasteiger partial charge on any atom is 0.233 e. The van der Waals surface area contributed by atoms with E-state index in [1.807, 2.05) is 21.6 Å². The van der Waals surface area contributed by atoms with E-state index in [2.05, 4.69) is 17.1 Å². The molecule has 1 aliphatic rings. The Hall–Kier alpha value is -1.80. The predicted molar refractivity (Wildman–Crippen MR) is 99.9 cm³/mol. The summed E-state index contributed by atoms with van der Waals surface area (Å²) in [4.78, 5) is 14.5. The van der Waals surface area contributed by atoms with Crippen molar-refractivity contribution in [2.75, 3.05) is 32.6 Å². The third-order valence-corrected chi connectivity index (χ3v) is 5.47. The zero-order valence-electron chi connectivity index (χ0n) is 15.4. The number of thioether (sulfide) groups is 1. The van der Waals surface area contributed by atoms with Crippen LogP contribution in [-0.2, 0) is 16.1 Å². The second-order valence-corrected chi connectivity index (χ2v) is 7.60. The van der Waals surface area contributed by atoms with Crippen LogP contribution in [0.3, 0.4) is 0 Å². The molecule has 0 saturated carbocycles. The van der Waals surface area contributed by atoms with E-state index in [9.17, 15) is 4.79 Å². The molecule has 0 aromatic carbocycles. The minimum absolute atomic E-state index is 0.174. The van der Waals surface area contributed by atoms with Crippen LogP contribution in [0.5, 0.6) is 0 Å². The van der Waals surface area contributed by atoms with Crippen LogP contribution in [0.4, 0.5) is 0 Å². The Bertz CT molecular complexity index is 701. The van der Waals surface area contributed by atoms with Crippen LogP contribution in [0.25, 0.3) is 11.6 Å². The molecule has 0 unspecified atom stereocenters.